The van der Waals surface area contributed by atoms with Crippen LogP contribution in [-0.4, -0.2) is 27.5 Å². The zero-order valence-electron chi connectivity index (χ0n) is 10.5. The van der Waals surface area contributed by atoms with Crippen molar-refractivity contribution in [1.29, 1.82) is 0 Å². The van der Waals surface area contributed by atoms with Crippen LogP contribution in [0.3, 0.4) is 0 Å². The van der Waals surface area contributed by atoms with Crippen molar-refractivity contribution in [2.24, 2.45) is 0 Å². The van der Waals surface area contributed by atoms with Gasteiger partial charge in [-0.3, -0.25) is 14.9 Å². The van der Waals surface area contributed by atoms with Crippen LogP contribution in [0.5, 0.6) is 0 Å². The normalized spacial score (nSPS) is 10.2. The van der Waals surface area contributed by atoms with Gasteiger partial charge in [-0.1, -0.05) is 5.16 Å². The lowest BCUT2D eigenvalue weighted by Crippen LogP contribution is -2.23. The number of nitrogens with two attached hydrogens (primary N) is 1. The summed E-state index contributed by atoms with van der Waals surface area (Å²) in [6.07, 6.45) is 0. The predicted octanol–water partition coefficient (Wildman–Crippen LogP) is 0.977. The molecule has 0 saturated carbocycles. The number of nitrogens with one attached hydrogen (secondary N) is 1. The predicted molar refractivity (Wildman–Crippen MR) is 68.8 cm³/mol. The van der Waals surface area contributed by atoms with Crippen LogP contribution in [0, 0.1) is 10.1 Å². The van der Waals surface area contributed by atoms with Crippen molar-refractivity contribution < 1.29 is 14.2 Å². The molecule has 0 spiro atoms. The Hall–Kier alpha value is -2.97. The van der Waals surface area contributed by atoms with Crippen LogP contribution in [0.15, 0.2) is 22.7 Å². The molecule has 1 heterocycles. The molecule has 9 heteroatoms. The molecule has 0 aliphatic carbocycles. The molecule has 9 nitrogen and oxygen atoms in total. The maximum atomic E-state index is 11.5. The standard InChI is InChI=1S/C11H11N5O4/c1-2-13-10(17)9-14-11(20-15-9)6-3-4-7(12)8(5-6)16(18)19/h3-5H,2,12H2,1H3,(H,13,17). The minimum Gasteiger partial charge on any atom is -0.393 e. The topological polar surface area (TPSA) is 137 Å². The average molecular weight is 277 g/mol. The number of nitro groups is 1. The molecule has 0 bridgehead atoms. The van der Waals surface area contributed by atoms with Crippen molar-refractivity contribution in [3.05, 3.63) is 34.1 Å². The maximum Gasteiger partial charge on any atom is 0.292 e. The number of carbonyl (C=O) groups excluding carboxylic acids is 1. The zero-order chi connectivity index (χ0) is 14.7. The van der Waals surface area contributed by atoms with Crippen molar-refractivity contribution in [3.63, 3.8) is 0 Å². The first-order valence-electron chi connectivity index (χ1n) is 5.69. The van der Waals surface area contributed by atoms with E-state index in [2.05, 4.69) is 15.5 Å². The molecule has 0 atom stereocenters. The highest BCUT2D eigenvalue weighted by molar-refractivity contribution is 5.90. The Morgan fingerprint density at radius 2 is 2.30 bits per heavy atom. The second-order valence-corrected chi connectivity index (χ2v) is 3.81. The summed E-state index contributed by atoms with van der Waals surface area (Å²) in [7, 11) is 0. The molecule has 0 aliphatic rings. The lowest BCUT2D eigenvalue weighted by Gasteiger charge is -1.98. The second kappa shape index (κ2) is 5.34. The van der Waals surface area contributed by atoms with Crippen molar-refractivity contribution in [3.8, 4) is 11.5 Å². The Bertz CT molecular complexity index is 667. The summed E-state index contributed by atoms with van der Waals surface area (Å²) < 4.78 is 4.91. The molecule has 2 aromatic rings. The summed E-state index contributed by atoms with van der Waals surface area (Å²) in [4.78, 5) is 25.6. The van der Waals surface area contributed by atoms with Gasteiger partial charge in [0.1, 0.15) is 5.69 Å². The zero-order valence-corrected chi connectivity index (χ0v) is 10.5. The lowest BCUT2D eigenvalue weighted by atomic mass is 10.2. The molecule has 0 fully saturated rings. The molecular weight excluding hydrogens is 266 g/mol. The van der Waals surface area contributed by atoms with E-state index in [4.69, 9.17) is 10.3 Å². The number of aromatic nitrogens is 2. The molecule has 0 aliphatic heterocycles. The number of nitrogen functional groups attached to an aromatic ring is 1. The van der Waals surface area contributed by atoms with Crippen LogP contribution in [0.25, 0.3) is 11.5 Å². The summed E-state index contributed by atoms with van der Waals surface area (Å²) in [6.45, 7) is 2.18. The molecule has 1 amide bonds. The highest BCUT2D eigenvalue weighted by Gasteiger charge is 2.18. The highest BCUT2D eigenvalue weighted by Crippen LogP contribution is 2.27. The number of rotatable bonds is 4. The quantitative estimate of drug-likeness (QED) is 0.482. The molecule has 1 aromatic carbocycles. The van der Waals surface area contributed by atoms with Crippen molar-refractivity contribution in [2.45, 2.75) is 6.92 Å². The van der Waals surface area contributed by atoms with E-state index in [1.807, 2.05) is 0 Å². The molecule has 1 aromatic heterocycles. The van der Waals surface area contributed by atoms with E-state index in [1.54, 1.807) is 6.92 Å². The van der Waals surface area contributed by atoms with Gasteiger partial charge in [-0.15, -0.1) is 0 Å². The van der Waals surface area contributed by atoms with Gasteiger partial charge in [-0.2, -0.15) is 4.98 Å². The lowest BCUT2D eigenvalue weighted by molar-refractivity contribution is -0.383. The van der Waals surface area contributed by atoms with E-state index >= 15 is 0 Å². The first-order valence-corrected chi connectivity index (χ1v) is 5.69. The first kappa shape index (κ1) is 13.5. The molecule has 104 valence electrons. The van der Waals surface area contributed by atoms with Gasteiger partial charge in [-0.05, 0) is 19.1 Å². The number of hydrogen-bond donors (Lipinski definition) is 2. The van der Waals surface area contributed by atoms with Crippen LogP contribution >= 0.6 is 0 Å². The molecule has 0 saturated heterocycles. The maximum absolute atomic E-state index is 11.5. The molecule has 0 radical (unpaired) electrons. The highest BCUT2D eigenvalue weighted by atomic mass is 16.6. The Morgan fingerprint density at radius 3 is 2.95 bits per heavy atom. The molecule has 0 unspecified atom stereocenters. The van der Waals surface area contributed by atoms with E-state index in [-0.39, 0.29) is 23.1 Å². The van der Waals surface area contributed by atoms with Gasteiger partial charge in [0.2, 0.25) is 0 Å². The van der Waals surface area contributed by atoms with Gasteiger partial charge >= 0.3 is 0 Å². The van der Waals surface area contributed by atoms with Crippen LogP contribution in [0.1, 0.15) is 17.5 Å². The van der Waals surface area contributed by atoms with E-state index < -0.39 is 10.8 Å². The number of hydrogen-bond acceptors (Lipinski definition) is 7. The fourth-order valence-electron chi connectivity index (χ4n) is 1.51. The Kier molecular flexibility index (Phi) is 3.60. The minimum absolute atomic E-state index is 0.00866. The van der Waals surface area contributed by atoms with Gasteiger partial charge in [0.25, 0.3) is 23.3 Å². The largest absolute Gasteiger partial charge is 0.393 e. The third-order valence-corrected chi connectivity index (χ3v) is 2.44. The van der Waals surface area contributed by atoms with Crippen molar-refractivity contribution in [2.75, 3.05) is 12.3 Å². The Labute approximate surface area is 112 Å². The number of anilines is 1. The number of carbonyl (C=O) groups is 1. The van der Waals surface area contributed by atoms with Crippen LogP contribution in [0.2, 0.25) is 0 Å². The monoisotopic (exact) mass is 277 g/mol. The first-order chi connectivity index (χ1) is 9.52. The Morgan fingerprint density at radius 1 is 1.55 bits per heavy atom. The number of nitrogens with zero attached hydrogens (tertiary/aromatic N) is 3. The van der Waals surface area contributed by atoms with Gasteiger partial charge in [0.05, 0.1) is 4.92 Å². The van der Waals surface area contributed by atoms with Gasteiger partial charge < -0.3 is 15.6 Å². The molecule has 20 heavy (non-hydrogen) atoms. The molecular formula is C11H11N5O4. The third kappa shape index (κ3) is 2.55. The average Bonchev–Trinajstić information content (AvgIpc) is 2.89. The van der Waals surface area contributed by atoms with Gasteiger partial charge in [-0.25, -0.2) is 0 Å². The Balaban J connectivity index is 2.35. The van der Waals surface area contributed by atoms with Crippen molar-refractivity contribution in [1.82, 2.24) is 15.5 Å². The fourth-order valence-corrected chi connectivity index (χ4v) is 1.51. The van der Waals surface area contributed by atoms with E-state index in [1.165, 1.54) is 18.2 Å². The SMILES string of the molecule is CCNC(=O)c1noc(-c2ccc(N)c([N+](=O)[O-])c2)n1. The summed E-state index contributed by atoms with van der Waals surface area (Å²) in [6, 6.07) is 4.07. The number of amides is 1. The molecule has 3 N–H and O–H groups in total. The van der Waals surface area contributed by atoms with Crippen LogP contribution in [-0.2, 0) is 0 Å². The summed E-state index contributed by atoms with van der Waals surface area (Å²) in [5.41, 5.74) is 5.57. The summed E-state index contributed by atoms with van der Waals surface area (Å²) >= 11 is 0. The van der Waals surface area contributed by atoms with E-state index in [9.17, 15) is 14.9 Å². The number of benzene rings is 1. The van der Waals surface area contributed by atoms with Crippen LogP contribution < -0.4 is 11.1 Å². The summed E-state index contributed by atoms with van der Waals surface area (Å²) in [5.74, 6) is -0.608. The minimum atomic E-state index is -0.611. The van der Waals surface area contributed by atoms with Crippen molar-refractivity contribution >= 4 is 17.3 Å². The van der Waals surface area contributed by atoms with Gasteiger partial charge in [0, 0.05) is 18.2 Å². The van der Waals surface area contributed by atoms with Crippen LogP contribution in [0.4, 0.5) is 11.4 Å². The summed E-state index contributed by atoms with van der Waals surface area (Å²) in [5, 5.41) is 16.8. The van der Waals surface area contributed by atoms with Gasteiger partial charge in [0.15, 0.2) is 0 Å². The second-order valence-electron chi connectivity index (χ2n) is 3.81. The third-order valence-electron chi connectivity index (χ3n) is 2.44. The van der Waals surface area contributed by atoms with E-state index in [0.717, 1.165) is 0 Å². The van der Waals surface area contributed by atoms with E-state index in [0.29, 0.717) is 12.1 Å². The number of nitro benzene ring substituents is 1. The fraction of sp³-hybridized carbons (Fsp3) is 0.182. The smallest absolute Gasteiger partial charge is 0.292 e. The molecule has 2 rings (SSSR count).